The maximum absolute atomic E-state index is 12.6. The average molecular weight is 338 g/mol. The van der Waals surface area contributed by atoms with Crippen LogP contribution in [0.1, 0.15) is 23.0 Å². The van der Waals surface area contributed by atoms with Gasteiger partial charge in [-0.05, 0) is 34.5 Å². The molecule has 2 heterocycles. The number of hydrogen-bond donors (Lipinski definition) is 1. The largest absolute Gasteiger partial charge is 0.270 e. The van der Waals surface area contributed by atoms with E-state index in [1.807, 2.05) is 42.5 Å². The van der Waals surface area contributed by atoms with Gasteiger partial charge in [0.25, 0.3) is 5.91 Å². The summed E-state index contributed by atoms with van der Waals surface area (Å²) in [6.45, 7) is 1.98. The first-order valence-corrected chi connectivity index (χ1v) is 7.83. The second-order valence-electron chi connectivity index (χ2n) is 5.49. The van der Waals surface area contributed by atoms with Crippen LogP contribution in [0.2, 0.25) is 0 Å². The first-order valence-electron chi connectivity index (χ1n) is 7.83. The van der Waals surface area contributed by atoms with E-state index in [9.17, 15) is 4.79 Å². The average Bonchev–Trinajstić information content (AvgIpc) is 3.07. The Labute approximate surface area is 144 Å². The van der Waals surface area contributed by atoms with Gasteiger partial charge in [-0.3, -0.25) is 14.6 Å². The minimum Gasteiger partial charge on any atom is -0.270 e. The molecule has 8 nitrogen and oxygen atoms in total. The number of tetrazole rings is 1. The normalized spacial score (nSPS) is 11.9. The highest BCUT2D eigenvalue weighted by molar-refractivity contribution is 5.79. The molecule has 128 valence electrons. The molecule has 1 unspecified atom stereocenters. The number of aryl methyl sites for hydroxylation is 1. The fraction of sp³-hybridized carbons (Fsp3) is 0.235. The SMILES string of the molecule is Cc1nnnn1C(Cc1ccccc1)C(=O)NOCc1cccnc1. The number of pyridine rings is 1. The number of aromatic nitrogens is 5. The molecule has 1 amide bonds. The fourth-order valence-electron chi connectivity index (χ4n) is 2.40. The summed E-state index contributed by atoms with van der Waals surface area (Å²) in [5, 5.41) is 11.4. The number of rotatable bonds is 7. The topological polar surface area (TPSA) is 94.8 Å². The highest BCUT2D eigenvalue weighted by Crippen LogP contribution is 2.15. The van der Waals surface area contributed by atoms with Crippen molar-refractivity contribution in [2.24, 2.45) is 0 Å². The van der Waals surface area contributed by atoms with E-state index in [0.29, 0.717) is 12.2 Å². The Morgan fingerprint density at radius 3 is 2.68 bits per heavy atom. The number of nitrogens with one attached hydrogen (secondary N) is 1. The van der Waals surface area contributed by atoms with E-state index in [2.05, 4.69) is 26.0 Å². The third-order valence-electron chi connectivity index (χ3n) is 3.66. The number of benzene rings is 1. The Morgan fingerprint density at radius 1 is 1.20 bits per heavy atom. The lowest BCUT2D eigenvalue weighted by Gasteiger charge is -2.17. The molecular weight excluding hydrogens is 320 g/mol. The van der Waals surface area contributed by atoms with Crippen molar-refractivity contribution in [2.75, 3.05) is 0 Å². The van der Waals surface area contributed by atoms with E-state index < -0.39 is 6.04 Å². The van der Waals surface area contributed by atoms with Crippen molar-refractivity contribution in [1.82, 2.24) is 30.7 Å². The Kier molecular flexibility index (Phi) is 5.43. The second-order valence-corrected chi connectivity index (χ2v) is 5.49. The molecule has 0 aliphatic heterocycles. The number of carbonyl (C=O) groups excluding carboxylic acids is 1. The first-order chi connectivity index (χ1) is 12.2. The van der Waals surface area contributed by atoms with Gasteiger partial charge < -0.3 is 0 Å². The van der Waals surface area contributed by atoms with E-state index in [-0.39, 0.29) is 12.5 Å². The van der Waals surface area contributed by atoms with Gasteiger partial charge in [-0.1, -0.05) is 36.4 Å². The van der Waals surface area contributed by atoms with Crippen LogP contribution in [0.4, 0.5) is 0 Å². The van der Waals surface area contributed by atoms with Gasteiger partial charge in [0.15, 0.2) is 0 Å². The predicted octanol–water partition coefficient (Wildman–Crippen LogP) is 1.41. The van der Waals surface area contributed by atoms with Crippen molar-refractivity contribution >= 4 is 5.91 Å². The van der Waals surface area contributed by atoms with Crippen LogP contribution >= 0.6 is 0 Å². The molecule has 0 aliphatic rings. The minimum absolute atomic E-state index is 0.228. The lowest BCUT2D eigenvalue weighted by molar-refractivity contribution is -0.138. The van der Waals surface area contributed by atoms with E-state index >= 15 is 0 Å². The Morgan fingerprint density at radius 2 is 2.00 bits per heavy atom. The van der Waals surface area contributed by atoms with Crippen LogP contribution in [0.3, 0.4) is 0 Å². The van der Waals surface area contributed by atoms with Gasteiger partial charge >= 0.3 is 0 Å². The smallest absolute Gasteiger partial charge is 0.268 e. The molecule has 0 radical (unpaired) electrons. The maximum Gasteiger partial charge on any atom is 0.268 e. The molecule has 0 fully saturated rings. The summed E-state index contributed by atoms with van der Waals surface area (Å²) in [6, 6.07) is 12.8. The van der Waals surface area contributed by atoms with Crippen LogP contribution in [0.15, 0.2) is 54.9 Å². The predicted molar refractivity (Wildman–Crippen MR) is 88.9 cm³/mol. The quantitative estimate of drug-likeness (QED) is 0.655. The van der Waals surface area contributed by atoms with Crippen LogP contribution in [-0.4, -0.2) is 31.1 Å². The van der Waals surface area contributed by atoms with Crippen molar-refractivity contribution in [1.29, 1.82) is 0 Å². The van der Waals surface area contributed by atoms with Gasteiger partial charge in [0.1, 0.15) is 18.5 Å². The number of hydroxylamine groups is 1. The molecule has 0 saturated heterocycles. The third kappa shape index (κ3) is 4.45. The molecule has 0 bridgehead atoms. The fourth-order valence-corrected chi connectivity index (χ4v) is 2.40. The minimum atomic E-state index is -0.605. The zero-order valence-corrected chi connectivity index (χ0v) is 13.7. The summed E-state index contributed by atoms with van der Waals surface area (Å²) in [4.78, 5) is 21.9. The van der Waals surface area contributed by atoms with Crippen LogP contribution in [-0.2, 0) is 22.7 Å². The zero-order valence-electron chi connectivity index (χ0n) is 13.7. The van der Waals surface area contributed by atoms with E-state index in [1.54, 1.807) is 19.3 Å². The summed E-state index contributed by atoms with van der Waals surface area (Å²) in [5.41, 5.74) is 4.35. The third-order valence-corrected chi connectivity index (χ3v) is 3.66. The molecular formula is C17H18N6O2. The summed E-state index contributed by atoms with van der Waals surface area (Å²) < 4.78 is 1.50. The van der Waals surface area contributed by atoms with Crippen LogP contribution in [0.25, 0.3) is 0 Å². The lowest BCUT2D eigenvalue weighted by Crippen LogP contribution is -2.35. The number of amides is 1. The number of carbonyl (C=O) groups is 1. The second kappa shape index (κ2) is 8.11. The summed E-state index contributed by atoms with van der Waals surface area (Å²) in [6.07, 6.45) is 3.81. The molecule has 3 rings (SSSR count). The molecule has 2 aromatic heterocycles. The highest BCUT2D eigenvalue weighted by Gasteiger charge is 2.24. The first kappa shape index (κ1) is 16.7. The van der Waals surface area contributed by atoms with Crippen molar-refractivity contribution in [2.45, 2.75) is 26.0 Å². The zero-order chi connectivity index (χ0) is 17.5. The Hall–Kier alpha value is -3.13. The van der Waals surface area contributed by atoms with E-state index in [4.69, 9.17) is 4.84 Å². The molecule has 25 heavy (non-hydrogen) atoms. The Bertz CT molecular complexity index is 806. The van der Waals surface area contributed by atoms with Gasteiger partial charge in [-0.15, -0.1) is 5.10 Å². The summed E-state index contributed by atoms with van der Waals surface area (Å²) in [5.74, 6) is 0.242. The number of nitrogens with zero attached hydrogens (tertiary/aromatic N) is 5. The molecule has 3 aromatic rings. The van der Waals surface area contributed by atoms with Crippen molar-refractivity contribution in [3.63, 3.8) is 0 Å². The molecule has 0 saturated carbocycles. The standard InChI is InChI=1S/C17H18N6O2/c1-13-19-21-22-23(13)16(10-14-6-3-2-4-7-14)17(24)20-25-12-15-8-5-9-18-11-15/h2-9,11,16H,10,12H2,1H3,(H,20,24). The van der Waals surface area contributed by atoms with Crippen LogP contribution < -0.4 is 5.48 Å². The van der Waals surface area contributed by atoms with Crippen molar-refractivity contribution < 1.29 is 9.63 Å². The molecule has 8 heteroatoms. The van der Waals surface area contributed by atoms with Gasteiger partial charge in [-0.2, -0.15) is 0 Å². The Balaban J connectivity index is 1.68. The number of hydrogen-bond acceptors (Lipinski definition) is 6. The molecule has 0 aliphatic carbocycles. The summed E-state index contributed by atoms with van der Waals surface area (Å²) >= 11 is 0. The monoisotopic (exact) mass is 338 g/mol. The molecule has 0 spiro atoms. The lowest BCUT2D eigenvalue weighted by atomic mass is 10.1. The molecule has 1 aromatic carbocycles. The van der Waals surface area contributed by atoms with Crippen molar-refractivity contribution in [3.8, 4) is 0 Å². The van der Waals surface area contributed by atoms with E-state index in [0.717, 1.165) is 11.1 Å². The van der Waals surface area contributed by atoms with Gasteiger partial charge in [-0.25, -0.2) is 10.2 Å². The van der Waals surface area contributed by atoms with Crippen LogP contribution in [0.5, 0.6) is 0 Å². The van der Waals surface area contributed by atoms with Gasteiger partial charge in [0.05, 0.1) is 0 Å². The maximum atomic E-state index is 12.6. The van der Waals surface area contributed by atoms with Crippen molar-refractivity contribution in [3.05, 3.63) is 71.8 Å². The van der Waals surface area contributed by atoms with Crippen LogP contribution in [0, 0.1) is 6.92 Å². The summed E-state index contributed by atoms with van der Waals surface area (Å²) in [7, 11) is 0. The van der Waals surface area contributed by atoms with E-state index in [1.165, 1.54) is 4.68 Å². The highest BCUT2D eigenvalue weighted by atomic mass is 16.6. The molecule has 1 atom stereocenters. The van der Waals surface area contributed by atoms with Gasteiger partial charge in [0.2, 0.25) is 0 Å². The van der Waals surface area contributed by atoms with Gasteiger partial charge in [0, 0.05) is 18.8 Å². The molecule has 1 N–H and O–H groups in total.